The van der Waals surface area contributed by atoms with Gasteiger partial charge in [0.05, 0.1) is 11.9 Å². The SMILES string of the molecule is CC(C)C1CCCCC1Nc1cnn(C)c(=O)c1Cl. The summed E-state index contributed by atoms with van der Waals surface area (Å²) in [6, 6.07) is 0.389. The van der Waals surface area contributed by atoms with Gasteiger partial charge in [-0.05, 0) is 24.7 Å². The fraction of sp³-hybridized carbons (Fsp3) is 0.714. The number of aromatic nitrogens is 2. The van der Waals surface area contributed by atoms with Crippen molar-refractivity contribution >= 4 is 17.3 Å². The predicted octanol–water partition coefficient (Wildman–Crippen LogP) is 3.06. The van der Waals surface area contributed by atoms with Gasteiger partial charge in [-0.25, -0.2) is 4.68 Å². The van der Waals surface area contributed by atoms with Gasteiger partial charge >= 0.3 is 0 Å². The van der Waals surface area contributed by atoms with Crippen molar-refractivity contribution in [2.45, 2.75) is 45.6 Å². The van der Waals surface area contributed by atoms with Crippen LogP contribution in [0.25, 0.3) is 0 Å². The van der Waals surface area contributed by atoms with Gasteiger partial charge in [0.25, 0.3) is 5.56 Å². The smallest absolute Gasteiger partial charge is 0.287 e. The largest absolute Gasteiger partial charge is 0.379 e. The molecule has 2 rings (SSSR count). The second-order valence-electron chi connectivity index (χ2n) is 5.74. The number of rotatable bonds is 3. The lowest BCUT2D eigenvalue weighted by Gasteiger charge is -2.35. The van der Waals surface area contributed by atoms with Gasteiger partial charge in [-0.15, -0.1) is 0 Å². The Kier molecular flexibility index (Phi) is 4.50. The first kappa shape index (κ1) is 14.4. The minimum atomic E-state index is -0.247. The molecule has 4 nitrogen and oxygen atoms in total. The van der Waals surface area contributed by atoms with Gasteiger partial charge in [0.15, 0.2) is 0 Å². The van der Waals surface area contributed by atoms with Gasteiger partial charge in [-0.1, -0.05) is 38.3 Å². The molecule has 106 valence electrons. The van der Waals surface area contributed by atoms with Crippen LogP contribution in [0.1, 0.15) is 39.5 Å². The summed E-state index contributed by atoms with van der Waals surface area (Å²) >= 11 is 6.11. The van der Waals surface area contributed by atoms with Gasteiger partial charge < -0.3 is 5.32 Å². The highest BCUT2D eigenvalue weighted by Gasteiger charge is 2.28. The molecule has 1 aromatic rings. The Hall–Kier alpha value is -1.03. The molecule has 19 heavy (non-hydrogen) atoms. The molecule has 0 saturated heterocycles. The molecule has 0 aliphatic heterocycles. The van der Waals surface area contributed by atoms with Crippen LogP contribution in [0.2, 0.25) is 5.02 Å². The van der Waals surface area contributed by atoms with E-state index in [0.29, 0.717) is 23.6 Å². The van der Waals surface area contributed by atoms with Gasteiger partial charge in [0.1, 0.15) is 5.02 Å². The minimum Gasteiger partial charge on any atom is -0.379 e. The maximum atomic E-state index is 11.8. The first-order chi connectivity index (χ1) is 9.00. The van der Waals surface area contributed by atoms with Crippen LogP contribution in [0, 0.1) is 11.8 Å². The zero-order chi connectivity index (χ0) is 14.0. The molecule has 1 aliphatic carbocycles. The Morgan fingerprint density at radius 3 is 2.79 bits per heavy atom. The second-order valence-corrected chi connectivity index (χ2v) is 6.12. The van der Waals surface area contributed by atoms with Crippen LogP contribution in [0.5, 0.6) is 0 Å². The summed E-state index contributed by atoms with van der Waals surface area (Å²) in [4.78, 5) is 11.8. The molecule has 0 aromatic carbocycles. The molecular formula is C14H22ClN3O. The third-order valence-electron chi connectivity index (χ3n) is 4.09. The zero-order valence-corrected chi connectivity index (χ0v) is 12.6. The molecule has 1 fully saturated rings. The maximum absolute atomic E-state index is 11.8. The van der Waals surface area contributed by atoms with E-state index in [4.69, 9.17) is 11.6 Å². The van der Waals surface area contributed by atoms with Gasteiger partial charge in [-0.2, -0.15) is 5.10 Å². The fourth-order valence-corrected chi connectivity index (χ4v) is 3.17. The van der Waals surface area contributed by atoms with E-state index in [1.54, 1.807) is 13.2 Å². The highest BCUT2D eigenvalue weighted by Crippen LogP contribution is 2.33. The Balaban J connectivity index is 2.20. The van der Waals surface area contributed by atoms with Crippen molar-refractivity contribution in [1.29, 1.82) is 0 Å². The molecule has 1 heterocycles. The highest BCUT2D eigenvalue weighted by molar-refractivity contribution is 6.32. The van der Waals surface area contributed by atoms with Crippen molar-refractivity contribution in [2.75, 3.05) is 5.32 Å². The molecule has 5 heteroatoms. The number of anilines is 1. The van der Waals surface area contributed by atoms with Crippen LogP contribution in [0.4, 0.5) is 5.69 Å². The second kappa shape index (κ2) is 5.95. The highest BCUT2D eigenvalue weighted by atomic mass is 35.5. The molecule has 2 unspecified atom stereocenters. The molecule has 1 saturated carbocycles. The van der Waals surface area contributed by atoms with Crippen LogP contribution in [0.15, 0.2) is 11.0 Å². The third-order valence-corrected chi connectivity index (χ3v) is 4.46. The maximum Gasteiger partial charge on any atom is 0.287 e. The topological polar surface area (TPSA) is 46.9 Å². The number of aryl methyl sites for hydroxylation is 1. The molecule has 1 aliphatic rings. The van der Waals surface area contributed by atoms with Crippen LogP contribution < -0.4 is 10.9 Å². The van der Waals surface area contributed by atoms with E-state index < -0.39 is 0 Å². The number of hydrogen-bond donors (Lipinski definition) is 1. The van der Waals surface area contributed by atoms with Gasteiger partial charge in [0, 0.05) is 13.1 Å². The molecule has 0 amide bonds. The molecule has 2 atom stereocenters. The lowest BCUT2D eigenvalue weighted by Crippen LogP contribution is -2.36. The summed E-state index contributed by atoms with van der Waals surface area (Å²) in [6.45, 7) is 4.52. The Morgan fingerprint density at radius 1 is 1.42 bits per heavy atom. The molecule has 0 radical (unpaired) electrons. The monoisotopic (exact) mass is 283 g/mol. The van der Waals surface area contributed by atoms with E-state index >= 15 is 0 Å². The van der Waals surface area contributed by atoms with E-state index in [1.807, 2.05) is 0 Å². The van der Waals surface area contributed by atoms with Gasteiger partial charge in [-0.3, -0.25) is 4.79 Å². The summed E-state index contributed by atoms with van der Waals surface area (Å²) in [5.41, 5.74) is 0.422. The summed E-state index contributed by atoms with van der Waals surface area (Å²) in [6.07, 6.45) is 6.55. The Labute approximate surface area is 119 Å². The summed E-state index contributed by atoms with van der Waals surface area (Å²) in [7, 11) is 1.61. The van der Waals surface area contributed by atoms with Crippen molar-refractivity contribution in [3.8, 4) is 0 Å². The average molecular weight is 284 g/mol. The number of halogens is 1. The summed E-state index contributed by atoms with van der Waals surface area (Å²) in [5, 5.41) is 7.71. The normalized spacial score (nSPS) is 23.6. The lowest BCUT2D eigenvalue weighted by atomic mass is 9.78. The van der Waals surface area contributed by atoms with Gasteiger partial charge in [0.2, 0.25) is 0 Å². The molecule has 0 spiro atoms. The van der Waals surface area contributed by atoms with Crippen molar-refractivity contribution in [2.24, 2.45) is 18.9 Å². The van der Waals surface area contributed by atoms with E-state index in [9.17, 15) is 4.79 Å². The van der Waals surface area contributed by atoms with E-state index in [-0.39, 0.29) is 10.6 Å². The third kappa shape index (κ3) is 3.11. The predicted molar refractivity (Wildman–Crippen MR) is 78.7 cm³/mol. The fourth-order valence-electron chi connectivity index (χ4n) is 2.95. The summed E-state index contributed by atoms with van der Waals surface area (Å²) < 4.78 is 1.26. The first-order valence-corrected chi connectivity index (χ1v) is 7.37. The van der Waals surface area contributed by atoms with Crippen LogP contribution in [0.3, 0.4) is 0 Å². The lowest BCUT2D eigenvalue weighted by molar-refractivity contribution is 0.253. The van der Waals surface area contributed by atoms with Crippen molar-refractivity contribution in [3.63, 3.8) is 0 Å². The Morgan fingerprint density at radius 2 is 2.11 bits per heavy atom. The van der Waals surface area contributed by atoms with E-state index in [1.165, 1.54) is 23.9 Å². The summed E-state index contributed by atoms with van der Waals surface area (Å²) in [5.74, 6) is 1.27. The number of hydrogen-bond acceptors (Lipinski definition) is 3. The quantitative estimate of drug-likeness (QED) is 0.927. The van der Waals surface area contributed by atoms with Crippen molar-refractivity contribution < 1.29 is 0 Å². The molecular weight excluding hydrogens is 262 g/mol. The zero-order valence-electron chi connectivity index (χ0n) is 11.8. The van der Waals surface area contributed by atoms with Crippen LogP contribution in [-0.2, 0) is 7.05 Å². The van der Waals surface area contributed by atoms with Crippen molar-refractivity contribution in [1.82, 2.24) is 9.78 Å². The average Bonchev–Trinajstić information content (AvgIpc) is 2.40. The Bertz CT molecular complexity index is 498. The van der Waals surface area contributed by atoms with Crippen LogP contribution in [-0.4, -0.2) is 15.8 Å². The number of nitrogens with one attached hydrogen (secondary N) is 1. The van der Waals surface area contributed by atoms with E-state index in [0.717, 1.165) is 6.42 Å². The molecule has 1 N–H and O–H groups in total. The van der Waals surface area contributed by atoms with Crippen molar-refractivity contribution in [3.05, 3.63) is 21.6 Å². The minimum absolute atomic E-state index is 0.241. The standard InChI is InChI=1S/C14H22ClN3O/c1-9(2)10-6-4-5-7-11(10)17-12-8-16-18(3)14(19)13(12)15/h8-11,17H,4-7H2,1-3H3. The van der Waals surface area contributed by atoms with Crippen LogP contribution >= 0.6 is 11.6 Å². The molecule has 0 bridgehead atoms. The first-order valence-electron chi connectivity index (χ1n) is 6.99. The molecule has 1 aromatic heterocycles. The number of nitrogens with zero attached hydrogens (tertiary/aromatic N) is 2. The van der Waals surface area contributed by atoms with E-state index in [2.05, 4.69) is 24.3 Å².